The summed E-state index contributed by atoms with van der Waals surface area (Å²) in [5.41, 5.74) is -0.188. The van der Waals surface area contributed by atoms with Gasteiger partial charge in [0.05, 0.1) is 14.2 Å². The standard InChI is InChI=1S/C16H22FNO5/c1-16(2,3)23-15(20)18-12(14(19)22-5)9-10-6-7-13(21-4)11(17)8-10/h6-8,12H,9H2,1-5H3,(H,18,20)/i17-1. The average molecular weight is 326 g/mol. The molecule has 0 radical (unpaired) electrons. The minimum absolute atomic E-state index is 0.0623. The fourth-order valence-corrected chi connectivity index (χ4v) is 1.86. The molecule has 0 aliphatic heterocycles. The van der Waals surface area contributed by atoms with E-state index >= 15 is 0 Å². The summed E-state index contributed by atoms with van der Waals surface area (Å²) in [6.45, 7) is 5.12. The van der Waals surface area contributed by atoms with Gasteiger partial charge in [-0.05, 0) is 38.5 Å². The van der Waals surface area contributed by atoms with E-state index < -0.39 is 29.5 Å². The van der Waals surface area contributed by atoms with E-state index in [1.165, 1.54) is 26.4 Å². The van der Waals surface area contributed by atoms with E-state index in [0.717, 1.165) is 0 Å². The third-order valence-corrected chi connectivity index (χ3v) is 2.83. The predicted octanol–water partition coefficient (Wildman–Crippen LogP) is 2.44. The lowest BCUT2D eigenvalue weighted by Crippen LogP contribution is -2.45. The molecule has 1 N–H and O–H groups in total. The van der Waals surface area contributed by atoms with E-state index in [4.69, 9.17) is 9.47 Å². The molecule has 0 saturated carbocycles. The Morgan fingerprint density at radius 3 is 2.39 bits per heavy atom. The molecule has 128 valence electrons. The highest BCUT2D eigenvalue weighted by Crippen LogP contribution is 2.19. The van der Waals surface area contributed by atoms with E-state index in [2.05, 4.69) is 10.1 Å². The van der Waals surface area contributed by atoms with Crippen LogP contribution in [0.1, 0.15) is 26.3 Å². The molecule has 0 bridgehead atoms. The van der Waals surface area contributed by atoms with Crippen LogP contribution in [0.25, 0.3) is 0 Å². The highest BCUT2D eigenvalue weighted by atomic mass is 18.2. The molecule has 1 aromatic carbocycles. The van der Waals surface area contributed by atoms with Crippen LogP contribution in [0.2, 0.25) is 0 Å². The van der Waals surface area contributed by atoms with E-state index in [9.17, 15) is 14.0 Å². The number of halogens is 1. The number of rotatable bonds is 5. The van der Waals surface area contributed by atoms with Crippen LogP contribution >= 0.6 is 0 Å². The van der Waals surface area contributed by atoms with Gasteiger partial charge in [-0.2, -0.15) is 0 Å². The number of alkyl carbamates (subject to hydrolysis) is 1. The molecule has 0 spiro atoms. The zero-order valence-electron chi connectivity index (χ0n) is 13.9. The number of amides is 1. The molecule has 0 fully saturated rings. The minimum atomic E-state index is -0.984. The summed E-state index contributed by atoms with van der Waals surface area (Å²) < 4.78 is 28.3. The number of carbonyl (C=O) groups excluding carboxylic acids is 2. The third-order valence-electron chi connectivity index (χ3n) is 2.83. The van der Waals surface area contributed by atoms with Gasteiger partial charge in [-0.1, -0.05) is 6.07 Å². The zero-order valence-corrected chi connectivity index (χ0v) is 13.9. The van der Waals surface area contributed by atoms with Crippen LogP contribution in [0.5, 0.6) is 5.75 Å². The number of esters is 1. The fourth-order valence-electron chi connectivity index (χ4n) is 1.86. The molecule has 1 rings (SSSR count). The summed E-state index contributed by atoms with van der Waals surface area (Å²) in [6.07, 6.45) is -0.686. The molecule has 1 unspecified atom stereocenters. The number of hydrogen-bond acceptors (Lipinski definition) is 5. The number of nitrogens with one attached hydrogen (secondary N) is 1. The summed E-state index contributed by atoms with van der Waals surface area (Å²) in [7, 11) is 2.57. The second-order valence-corrected chi connectivity index (χ2v) is 5.89. The molecule has 0 saturated heterocycles. The Balaban J connectivity index is 2.85. The van der Waals surface area contributed by atoms with Crippen LogP contribution in [0.15, 0.2) is 18.2 Å². The summed E-state index contributed by atoms with van der Waals surface area (Å²) in [5, 5.41) is 2.43. The predicted molar refractivity (Wildman–Crippen MR) is 81.8 cm³/mol. The molecule has 23 heavy (non-hydrogen) atoms. The van der Waals surface area contributed by atoms with Gasteiger partial charge in [-0.15, -0.1) is 0 Å². The molecule has 1 amide bonds. The lowest BCUT2D eigenvalue weighted by Gasteiger charge is -2.22. The average Bonchev–Trinajstić information content (AvgIpc) is 2.44. The van der Waals surface area contributed by atoms with Crippen LogP contribution in [0.4, 0.5) is 9.18 Å². The monoisotopic (exact) mass is 326 g/mol. The number of carbonyl (C=O) groups is 2. The maximum absolute atomic E-state index is 13.7. The Labute approximate surface area is 134 Å². The van der Waals surface area contributed by atoms with Crippen LogP contribution in [-0.4, -0.2) is 37.9 Å². The molecule has 0 heterocycles. The Morgan fingerprint density at radius 1 is 1.26 bits per heavy atom. The van der Waals surface area contributed by atoms with E-state index in [-0.39, 0.29) is 12.2 Å². The van der Waals surface area contributed by atoms with E-state index in [1.54, 1.807) is 26.8 Å². The summed E-state index contributed by atoms with van der Waals surface area (Å²) in [4.78, 5) is 23.6. The first-order valence-corrected chi connectivity index (χ1v) is 7.06. The van der Waals surface area contributed by atoms with Crippen molar-refractivity contribution in [3.63, 3.8) is 0 Å². The van der Waals surface area contributed by atoms with Gasteiger partial charge >= 0.3 is 12.1 Å². The van der Waals surface area contributed by atoms with Crippen molar-refractivity contribution in [3.05, 3.63) is 29.6 Å². The first-order valence-electron chi connectivity index (χ1n) is 7.06. The number of benzene rings is 1. The lowest BCUT2D eigenvalue weighted by molar-refractivity contribution is -0.143. The largest absolute Gasteiger partial charge is 0.494 e. The fraction of sp³-hybridized carbons (Fsp3) is 0.500. The van der Waals surface area contributed by atoms with Crippen LogP contribution < -0.4 is 10.1 Å². The number of ether oxygens (including phenoxy) is 3. The van der Waals surface area contributed by atoms with Crippen molar-refractivity contribution in [2.45, 2.75) is 38.8 Å². The molecule has 7 heteroatoms. The quantitative estimate of drug-likeness (QED) is 0.841. The molecule has 0 aromatic heterocycles. The highest BCUT2D eigenvalue weighted by molar-refractivity contribution is 5.81. The molecule has 0 aliphatic rings. The van der Waals surface area contributed by atoms with Crippen molar-refractivity contribution >= 4 is 12.1 Å². The van der Waals surface area contributed by atoms with Crippen LogP contribution in [0.3, 0.4) is 0 Å². The van der Waals surface area contributed by atoms with Crippen molar-refractivity contribution in [2.75, 3.05) is 14.2 Å². The van der Waals surface area contributed by atoms with Crippen LogP contribution in [-0.2, 0) is 20.7 Å². The molecule has 1 atom stereocenters. The van der Waals surface area contributed by atoms with Crippen molar-refractivity contribution in [1.29, 1.82) is 0 Å². The van der Waals surface area contributed by atoms with Crippen molar-refractivity contribution in [1.82, 2.24) is 5.32 Å². The molecular formula is C16H22FNO5. The highest BCUT2D eigenvalue weighted by Gasteiger charge is 2.25. The summed E-state index contributed by atoms with van der Waals surface area (Å²) in [6, 6.07) is 3.31. The van der Waals surface area contributed by atoms with Gasteiger partial charge in [0, 0.05) is 6.42 Å². The second kappa shape index (κ2) is 7.80. The Hall–Kier alpha value is -2.31. The van der Waals surface area contributed by atoms with Gasteiger partial charge in [-0.3, -0.25) is 0 Å². The van der Waals surface area contributed by atoms with Crippen molar-refractivity contribution < 1.29 is 28.2 Å². The lowest BCUT2D eigenvalue weighted by atomic mass is 10.1. The van der Waals surface area contributed by atoms with E-state index in [1.807, 2.05) is 0 Å². The normalized spacial score (nSPS) is 12.3. The maximum atomic E-state index is 13.7. The molecule has 1 aromatic rings. The Bertz CT molecular complexity index is 568. The van der Waals surface area contributed by atoms with Crippen molar-refractivity contribution in [3.8, 4) is 5.75 Å². The first kappa shape index (κ1) is 18.7. The van der Waals surface area contributed by atoms with Crippen molar-refractivity contribution in [2.24, 2.45) is 0 Å². The Kier molecular flexibility index (Phi) is 6.36. The molecule has 6 nitrogen and oxygen atoms in total. The SMILES string of the molecule is COC(=O)C(Cc1ccc(OC)c([18F])c1)NC(=O)OC(C)(C)C. The second-order valence-electron chi connectivity index (χ2n) is 5.89. The topological polar surface area (TPSA) is 73.9 Å². The smallest absolute Gasteiger partial charge is 0.408 e. The Morgan fingerprint density at radius 2 is 1.91 bits per heavy atom. The van der Waals surface area contributed by atoms with Gasteiger partial charge in [0.25, 0.3) is 0 Å². The number of methoxy groups -OCH3 is 2. The van der Waals surface area contributed by atoms with E-state index in [0.29, 0.717) is 5.56 Å². The van der Waals surface area contributed by atoms with Gasteiger partial charge in [0.15, 0.2) is 11.6 Å². The van der Waals surface area contributed by atoms with Gasteiger partial charge in [0.1, 0.15) is 11.6 Å². The summed E-state index contributed by atoms with van der Waals surface area (Å²) in [5.74, 6) is -1.10. The molecule has 0 aliphatic carbocycles. The minimum Gasteiger partial charge on any atom is -0.494 e. The molecular weight excluding hydrogens is 304 g/mol. The first-order chi connectivity index (χ1) is 10.7. The zero-order chi connectivity index (χ0) is 17.6. The third kappa shape index (κ3) is 6.14. The maximum Gasteiger partial charge on any atom is 0.408 e. The van der Waals surface area contributed by atoms with Gasteiger partial charge in [-0.25, -0.2) is 14.0 Å². The number of hydrogen-bond donors (Lipinski definition) is 1. The van der Waals surface area contributed by atoms with Crippen LogP contribution in [0, 0.1) is 5.82 Å². The summed E-state index contributed by atoms with van der Waals surface area (Å²) >= 11 is 0. The van der Waals surface area contributed by atoms with Gasteiger partial charge < -0.3 is 19.5 Å². The van der Waals surface area contributed by atoms with Gasteiger partial charge in [0.2, 0.25) is 0 Å².